The molecule has 22 heavy (non-hydrogen) atoms. The van der Waals surface area contributed by atoms with Crippen molar-refractivity contribution in [1.29, 1.82) is 0 Å². The second-order valence-corrected chi connectivity index (χ2v) is 4.33. The number of carbonyl (C=O) groups excluding carboxylic acids is 1. The molecular formula is C15H14N2O5. The normalized spacial score (nSPS) is 9.91. The quantitative estimate of drug-likeness (QED) is 0.518. The van der Waals surface area contributed by atoms with E-state index in [-0.39, 0.29) is 5.69 Å². The van der Waals surface area contributed by atoms with E-state index in [0.29, 0.717) is 22.7 Å². The van der Waals surface area contributed by atoms with Crippen molar-refractivity contribution in [2.75, 3.05) is 19.5 Å². The molecule has 7 heteroatoms. The number of carbonyl (C=O) groups is 1. The molecular weight excluding hydrogens is 288 g/mol. The van der Waals surface area contributed by atoms with Crippen LogP contribution in [0.2, 0.25) is 0 Å². The fraction of sp³-hybridized carbons (Fsp3) is 0.133. The summed E-state index contributed by atoms with van der Waals surface area (Å²) in [5.41, 5.74) is 1.41. The van der Waals surface area contributed by atoms with E-state index < -0.39 is 10.9 Å². The molecule has 0 fully saturated rings. The van der Waals surface area contributed by atoms with E-state index in [1.807, 2.05) is 0 Å². The SMILES string of the molecule is COC(=O)c1ccc(OC)cc1Nc1ccc([N+](=O)[O-])cc1. The lowest BCUT2D eigenvalue weighted by Gasteiger charge is -2.12. The van der Waals surface area contributed by atoms with E-state index in [4.69, 9.17) is 9.47 Å². The molecule has 0 saturated carbocycles. The van der Waals surface area contributed by atoms with Crippen LogP contribution < -0.4 is 10.1 Å². The monoisotopic (exact) mass is 302 g/mol. The Labute approximate surface area is 126 Å². The number of esters is 1. The minimum absolute atomic E-state index is 0.00983. The number of nitrogens with zero attached hydrogens (tertiary/aromatic N) is 1. The maximum atomic E-state index is 11.8. The molecule has 0 aromatic heterocycles. The third-order valence-corrected chi connectivity index (χ3v) is 2.99. The zero-order chi connectivity index (χ0) is 16.1. The highest BCUT2D eigenvalue weighted by molar-refractivity contribution is 5.96. The van der Waals surface area contributed by atoms with E-state index >= 15 is 0 Å². The molecule has 0 radical (unpaired) electrons. The highest BCUT2D eigenvalue weighted by Crippen LogP contribution is 2.27. The van der Waals surface area contributed by atoms with Crippen molar-refractivity contribution in [3.8, 4) is 5.75 Å². The van der Waals surface area contributed by atoms with Gasteiger partial charge in [-0.25, -0.2) is 4.79 Å². The predicted molar refractivity (Wildman–Crippen MR) is 80.7 cm³/mol. The van der Waals surface area contributed by atoms with Crippen LogP contribution in [0.25, 0.3) is 0 Å². The van der Waals surface area contributed by atoms with Gasteiger partial charge >= 0.3 is 5.97 Å². The zero-order valence-corrected chi connectivity index (χ0v) is 12.0. The molecule has 0 aliphatic heterocycles. The topological polar surface area (TPSA) is 90.7 Å². The van der Waals surface area contributed by atoms with Gasteiger partial charge in [0.05, 0.1) is 30.4 Å². The molecule has 0 spiro atoms. The van der Waals surface area contributed by atoms with Crippen LogP contribution in [0.5, 0.6) is 5.75 Å². The van der Waals surface area contributed by atoms with Gasteiger partial charge in [0, 0.05) is 23.9 Å². The number of non-ortho nitro benzene ring substituents is 1. The molecule has 0 amide bonds. The lowest BCUT2D eigenvalue weighted by atomic mass is 10.1. The molecule has 114 valence electrons. The Balaban J connectivity index is 2.34. The Morgan fingerprint density at radius 1 is 1.14 bits per heavy atom. The molecule has 0 saturated heterocycles. The fourth-order valence-electron chi connectivity index (χ4n) is 1.86. The first-order chi connectivity index (χ1) is 10.5. The number of hydrogen-bond donors (Lipinski definition) is 1. The highest BCUT2D eigenvalue weighted by Gasteiger charge is 2.13. The summed E-state index contributed by atoms with van der Waals surface area (Å²) in [5.74, 6) is 0.0733. The van der Waals surface area contributed by atoms with Crippen molar-refractivity contribution in [2.45, 2.75) is 0 Å². The van der Waals surface area contributed by atoms with Crippen molar-refractivity contribution < 1.29 is 19.2 Å². The Hall–Kier alpha value is -3.09. The van der Waals surface area contributed by atoms with Gasteiger partial charge in [0.1, 0.15) is 5.75 Å². The van der Waals surface area contributed by atoms with Gasteiger partial charge in [0.25, 0.3) is 5.69 Å². The summed E-state index contributed by atoms with van der Waals surface area (Å²) in [7, 11) is 2.81. The van der Waals surface area contributed by atoms with Crippen LogP contribution in [0.4, 0.5) is 17.1 Å². The van der Waals surface area contributed by atoms with Gasteiger partial charge in [-0.15, -0.1) is 0 Å². The van der Waals surface area contributed by atoms with Gasteiger partial charge in [-0.1, -0.05) is 0 Å². The summed E-state index contributed by atoms with van der Waals surface area (Å²) in [5, 5.41) is 13.7. The van der Waals surface area contributed by atoms with Crippen molar-refractivity contribution >= 4 is 23.0 Å². The molecule has 0 heterocycles. The molecule has 0 aliphatic rings. The second kappa shape index (κ2) is 6.57. The zero-order valence-electron chi connectivity index (χ0n) is 12.0. The standard InChI is InChI=1S/C15H14N2O5/c1-21-12-7-8-13(15(18)22-2)14(9-12)16-10-3-5-11(6-4-10)17(19)20/h3-9,16H,1-2H3. The maximum absolute atomic E-state index is 11.8. The number of nitrogens with one attached hydrogen (secondary N) is 1. The van der Waals surface area contributed by atoms with Crippen LogP contribution in [0.3, 0.4) is 0 Å². The van der Waals surface area contributed by atoms with Gasteiger partial charge in [-0.05, 0) is 24.3 Å². The van der Waals surface area contributed by atoms with E-state index in [0.717, 1.165) is 0 Å². The molecule has 0 bridgehead atoms. The maximum Gasteiger partial charge on any atom is 0.339 e. The van der Waals surface area contributed by atoms with Gasteiger partial charge < -0.3 is 14.8 Å². The second-order valence-electron chi connectivity index (χ2n) is 4.33. The van der Waals surface area contributed by atoms with Crippen LogP contribution in [0.1, 0.15) is 10.4 Å². The molecule has 2 rings (SSSR count). The summed E-state index contributed by atoms with van der Waals surface area (Å²) in [4.78, 5) is 21.9. The largest absolute Gasteiger partial charge is 0.497 e. The Kier molecular flexibility index (Phi) is 4.57. The summed E-state index contributed by atoms with van der Waals surface area (Å²) in [6.07, 6.45) is 0. The van der Waals surface area contributed by atoms with Gasteiger partial charge in [0.2, 0.25) is 0 Å². The van der Waals surface area contributed by atoms with Gasteiger partial charge in [-0.3, -0.25) is 10.1 Å². The summed E-state index contributed by atoms with van der Waals surface area (Å²) < 4.78 is 9.86. The van der Waals surface area contributed by atoms with Crippen molar-refractivity contribution in [3.05, 3.63) is 58.1 Å². The number of ether oxygens (including phenoxy) is 2. The predicted octanol–water partition coefficient (Wildman–Crippen LogP) is 3.13. The lowest BCUT2D eigenvalue weighted by molar-refractivity contribution is -0.384. The average Bonchev–Trinajstić information content (AvgIpc) is 2.54. The molecule has 2 aromatic carbocycles. The highest BCUT2D eigenvalue weighted by atomic mass is 16.6. The van der Waals surface area contributed by atoms with Crippen molar-refractivity contribution in [2.24, 2.45) is 0 Å². The van der Waals surface area contributed by atoms with Crippen molar-refractivity contribution in [1.82, 2.24) is 0 Å². The summed E-state index contributed by atoms with van der Waals surface area (Å²) in [6, 6.07) is 10.7. The van der Waals surface area contributed by atoms with E-state index in [9.17, 15) is 14.9 Å². The molecule has 7 nitrogen and oxygen atoms in total. The number of nitro groups is 1. The van der Waals surface area contributed by atoms with Gasteiger partial charge in [0.15, 0.2) is 0 Å². The van der Waals surface area contributed by atoms with Crippen LogP contribution in [-0.2, 0) is 4.74 Å². The van der Waals surface area contributed by atoms with Crippen LogP contribution in [0.15, 0.2) is 42.5 Å². The number of anilines is 2. The van der Waals surface area contributed by atoms with Gasteiger partial charge in [-0.2, -0.15) is 0 Å². The molecule has 0 aliphatic carbocycles. The third kappa shape index (κ3) is 3.32. The first kappa shape index (κ1) is 15.3. The third-order valence-electron chi connectivity index (χ3n) is 2.99. The first-order valence-electron chi connectivity index (χ1n) is 6.33. The number of methoxy groups -OCH3 is 2. The van der Waals surface area contributed by atoms with Crippen LogP contribution >= 0.6 is 0 Å². The molecule has 1 N–H and O–H groups in total. The Bertz CT molecular complexity index is 698. The Morgan fingerprint density at radius 2 is 1.82 bits per heavy atom. The van der Waals surface area contributed by atoms with Crippen LogP contribution in [0, 0.1) is 10.1 Å². The number of rotatable bonds is 5. The Morgan fingerprint density at radius 3 is 2.36 bits per heavy atom. The fourth-order valence-corrected chi connectivity index (χ4v) is 1.86. The minimum Gasteiger partial charge on any atom is -0.497 e. The number of hydrogen-bond acceptors (Lipinski definition) is 6. The lowest BCUT2D eigenvalue weighted by Crippen LogP contribution is -2.06. The number of nitro benzene ring substituents is 1. The van der Waals surface area contributed by atoms with E-state index in [1.165, 1.54) is 26.4 Å². The summed E-state index contributed by atoms with van der Waals surface area (Å²) in [6.45, 7) is 0. The summed E-state index contributed by atoms with van der Waals surface area (Å²) >= 11 is 0. The molecule has 0 atom stereocenters. The van der Waals surface area contributed by atoms with E-state index in [1.54, 1.807) is 30.3 Å². The minimum atomic E-state index is -0.493. The van der Waals surface area contributed by atoms with Crippen molar-refractivity contribution in [3.63, 3.8) is 0 Å². The average molecular weight is 302 g/mol. The smallest absolute Gasteiger partial charge is 0.339 e. The van der Waals surface area contributed by atoms with E-state index in [2.05, 4.69) is 5.32 Å². The number of benzene rings is 2. The van der Waals surface area contributed by atoms with Crippen LogP contribution in [-0.4, -0.2) is 25.1 Å². The molecule has 0 unspecified atom stereocenters. The first-order valence-corrected chi connectivity index (χ1v) is 6.33. The molecule has 2 aromatic rings.